The van der Waals surface area contributed by atoms with Gasteiger partial charge in [0.15, 0.2) is 0 Å². The van der Waals surface area contributed by atoms with Crippen molar-refractivity contribution in [3.63, 3.8) is 0 Å². The highest BCUT2D eigenvalue weighted by molar-refractivity contribution is 7.16. The van der Waals surface area contributed by atoms with Crippen molar-refractivity contribution in [1.82, 2.24) is 9.97 Å². The van der Waals surface area contributed by atoms with Crippen molar-refractivity contribution in [2.45, 2.75) is 0 Å². The molecule has 5 nitrogen and oxygen atoms in total. The summed E-state index contributed by atoms with van der Waals surface area (Å²) in [4.78, 5) is 11.4. The quantitative estimate of drug-likeness (QED) is 0.774. The van der Waals surface area contributed by atoms with Crippen molar-refractivity contribution < 1.29 is 0 Å². The van der Waals surface area contributed by atoms with E-state index in [0.717, 1.165) is 27.4 Å². The number of thiophene rings is 1. The number of aromatic nitrogens is 2. The lowest BCUT2D eigenvalue weighted by atomic mass is 10.2. The molecule has 2 heterocycles. The smallest absolute Gasteiger partial charge is 0.223 e. The first-order chi connectivity index (χ1) is 9.63. The summed E-state index contributed by atoms with van der Waals surface area (Å²) in [6.45, 7) is 0. The number of fused-ring (bicyclic) bond motifs is 1. The van der Waals surface area contributed by atoms with Gasteiger partial charge in [0.2, 0.25) is 5.95 Å². The summed E-state index contributed by atoms with van der Waals surface area (Å²) in [5.74, 6) is 1.03. The Bertz CT molecular complexity index is 733. The van der Waals surface area contributed by atoms with Gasteiger partial charge in [0.1, 0.15) is 10.6 Å². The zero-order chi connectivity index (χ0) is 14.1. The minimum Gasteiger partial charge on any atom is -0.378 e. The van der Waals surface area contributed by atoms with Gasteiger partial charge in [-0.1, -0.05) is 0 Å². The number of nitrogens with zero attached hydrogens (tertiary/aromatic N) is 3. The first-order valence-electron chi connectivity index (χ1n) is 6.18. The molecule has 0 aliphatic carbocycles. The van der Waals surface area contributed by atoms with E-state index in [4.69, 9.17) is 5.73 Å². The Morgan fingerprint density at radius 1 is 1.10 bits per heavy atom. The number of anilines is 4. The second-order valence-electron chi connectivity index (χ2n) is 4.64. The Labute approximate surface area is 121 Å². The molecule has 0 aliphatic rings. The number of rotatable bonds is 3. The Morgan fingerprint density at radius 3 is 2.55 bits per heavy atom. The predicted octanol–water partition coefficient (Wildman–Crippen LogP) is 3.08. The molecule has 0 aliphatic heterocycles. The lowest BCUT2D eigenvalue weighted by Crippen LogP contribution is -2.08. The van der Waals surface area contributed by atoms with Gasteiger partial charge in [-0.25, -0.2) is 4.98 Å². The molecule has 1 aromatic carbocycles. The van der Waals surface area contributed by atoms with Crippen LogP contribution in [0.15, 0.2) is 35.7 Å². The van der Waals surface area contributed by atoms with E-state index in [-0.39, 0.29) is 5.95 Å². The normalized spacial score (nSPS) is 10.7. The number of nitrogens with two attached hydrogens (primary N) is 1. The molecule has 0 saturated heterocycles. The summed E-state index contributed by atoms with van der Waals surface area (Å²) < 4.78 is 0. The van der Waals surface area contributed by atoms with Gasteiger partial charge < -0.3 is 16.0 Å². The van der Waals surface area contributed by atoms with Gasteiger partial charge in [-0.15, -0.1) is 11.3 Å². The molecule has 0 atom stereocenters. The molecule has 0 spiro atoms. The minimum absolute atomic E-state index is 0.285. The van der Waals surface area contributed by atoms with E-state index in [2.05, 4.69) is 32.3 Å². The molecule has 0 amide bonds. The SMILES string of the molecule is CN(C)c1ccc(Nc2nc(N)nc3sccc23)cc1. The molecule has 3 aromatic rings. The molecule has 0 fully saturated rings. The topological polar surface area (TPSA) is 67.1 Å². The lowest BCUT2D eigenvalue weighted by Gasteiger charge is -2.13. The Kier molecular flexibility index (Phi) is 3.15. The van der Waals surface area contributed by atoms with Crippen LogP contribution in [0.4, 0.5) is 23.1 Å². The maximum absolute atomic E-state index is 5.74. The van der Waals surface area contributed by atoms with Crippen molar-refractivity contribution in [3.05, 3.63) is 35.7 Å². The van der Waals surface area contributed by atoms with Crippen molar-refractivity contribution in [1.29, 1.82) is 0 Å². The average Bonchev–Trinajstić information content (AvgIpc) is 2.87. The first kappa shape index (κ1) is 12.7. The average molecular weight is 285 g/mol. The standard InChI is InChI=1S/C14H15N5S/c1-19(2)10-5-3-9(4-6-10)16-12-11-7-8-20-13(11)18-14(15)17-12/h3-8H,1-2H3,(H3,15,16,17,18). The van der Waals surface area contributed by atoms with Crippen molar-refractivity contribution in [2.75, 3.05) is 30.0 Å². The number of hydrogen-bond donors (Lipinski definition) is 2. The van der Waals surface area contributed by atoms with Crippen LogP contribution in [0.25, 0.3) is 10.2 Å². The molecule has 6 heteroatoms. The fraction of sp³-hybridized carbons (Fsp3) is 0.143. The molecule has 0 unspecified atom stereocenters. The van der Waals surface area contributed by atoms with E-state index in [1.165, 1.54) is 0 Å². The lowest BCUT2D eigenvalue weighted by molar-refractivity contribution is 1.13. The summed E-state index contributed by atoms with van der Waals surface area (Å²) in [6.07, 6.45) is 0. The van der Waals surface area contributed by atoms with Crippen LogP contribution < -0.4 is 16.0 Å². The monoisotopic (exact) mass is 285 g/mol. The van der Waals surface area contributed by atoms with Crippen LogP contribution in [-0.4, -0.2) is 24.1 Å². The third-order valence-electron chi connectivity index (χ3n) is 2.99. The highest BCUT2D eigenvalue weighted by atomic mass is 32.1. The van der Waals surface area contributed by atoms with Gasteiger partial charge in [0.25, 0.3) is 0 Å². The maximum atomic E-state index is 5.74. The van der Waals surface area contributed by atoms with Gasteiger partial charge in [0.05, 0.1) is 5.39 Å². The van der Waals surface area contributed by atoms with Gasteiger partial charge in [-0.3, -0.25) is 0 Å². The number of nitrogen functional groups attached to an aromatic ring is 1. The van der Waals surface area contributed by atoms with Crippen LogP contribution in [0.1, 0.15) is 0 Å². The van der Waals surface area contributed by atoms with Crippen LogP contribution in [0, 0.1) is 0 Å². The fourth-order valence-electron chi connectivity index (χ4n) is 1.95. The van der Waals surface area contributed by atoms with Crippen LogP contribution in [-0.2, 0) is 0 Å². The molecular weight excluding hydrogens is 270 g/mol. The molecule has 102 valence electrons. The second kappa shape index (κ2) is 4.97. The van der Waals surface area contributed by atoms with E-state index in [9.17, 15) is 0 Å². The first-order valence-corrected chi connectivity index (χ1v) is 7.06. The Morgan fingerprint density at radius 2 is 1.85 bits per heavy atom. The molecule has 0 bridgehead atoms. The van der Waals surface area contributed by atoms with Gasteiger partial charge in [0, 0.05) is 25.5 Å². The van der Waals surface area contributed by atoms with Crippen molar-refractivity contribution in [2.24, 2.45) is 0 Å². The molecule has 0 radical (unpaired) electrons. The predicted molar refractivity (Wildman–Crippen MR) is 85.9 cm³/mol. The summed E-state index contributed by atoms with van der Waals surface area (Å²) in [5, 5.41) is 6.27. The molecule has 3 N–H and O–H groups in total. The molecule has 3 rings (SSSR count). The third-order valence-corrected chi connectivity index (χ3v) is 3.80. The summed E-state index contributed by atoms with van der Waals surface area (Å²) >= 11 is 1.55. The summed E-state index contributed by atoms with van der Waals surface area (Å²) in [6, 6.07) is 10.1. The van der Waals surface area contributed by atoms with E-state index in [1.54, 1.807) is 11.3 Å². The van der Waals surface area contributed by atoms with E-state index >= 15 is 0 Å². The van der Waals surface area contributed by atoms with Gasteiger partial charge in [-0.2, -0.15) is 4.98 Å². The zero-order valence-corrected chi connectivity index (χ0v) is 12.1. The molecule has 2 aromatic heterocycles. The molecule has 20 heavy (non-hydrogen) atoms. The van der Waals surface area contributed by atoms with Crippen molar-refractivity contribution in [3.8, 4) is 0 Å². The van der Waals surface area contributed by atoms with Gasteiger partial charge >= 0.3 is 0 Å². The summed E-state index contributed by atoms with van der Waals surface area (Å²) in [7, 11) is 4.03. The highest BCUT2D eigenvalue weighted by Crippen LogP contribution is 2.28. The molecule has 0 saturated carbocycles. The Balaban J connectivity index is 1.94. The number of nitrogens with one attached hydrogen (secondary N) is 1. The van der Waals surface area contributed by atoms with Crippen LogP contribution in [0.2, 0.25) is 0 Å². The molecular formula is C14H15N5S. The maximum Gasteiger partial charge on any atom is 0.223 e. The fourth-order valence-corrected chi connectivity index (χ4v) is 2.72. The highest BCUT2D eigenvalue weighted by Gasteiger charge is 2.07. The number of benzene rings is 1. The largest absolute Gasteiger partial charge is 0.378 e. The van der Waals surface area contributed by atoms with E-state index < -0.39 is 0 Å². The van der Waals surface area contributed by atoms with E-state index in [0.29, 0.717) is 0 Å². The van der Waals surface area contributed by atoms with Gasteiger partial charge in [-0.05, 0) is 35.7 Å². The third kappa shape index (κ3) is 2.37. The number of hydrogen-bond acceptors (Lipinski definition) is 6. The van der Waals surface area contributed by atoms with E-state index in [1.807, 2.05) is 37.7 Å². The van der Waals surface area contributed by atoms with Crippen LogP contribution in [0.5, 0.6) is 0 Å². The van der Waals surface area contributed by atoms with Crippen LogP contribution in [0.3, 0.4) is 0 Å². The minimum atomic E-state index is 0.285. The van der Waals surface area contributed by atoms with Crippen molar-refractivity contribution >= 4 is 44.7 Å². The Hall–Kier alpha value is -2.34. The second-order valence-corrected chi connectivity index (χ2v) is 5.53. The summed E-state index contributed by atoms with van der Waals surface area (Å²) in [5.41, 5.74) is 7.86. The zero-order valence-electron chi connectivity index (χ0n) is 11.3. The van der Waals surface area contributed by atoms with Crippen LogP contribution >= 0.6 is 11.3 Å².